The third kappa shape index (κ3) is 7.39. The van der Waals surface area contributed by atoms with Gasteiger partial charge in [-0.1, -0.05) is 66.7 Å². The average Bonchev–Trinajstić information content (AvgIpc) is 2.78. The molecular formula is C24H22F2N2O4. The molecular weight excluding hydrogens is 418 g/mol. The molecule has 2 N–H and O–H groups in total. The van der Waals surface area contributed by atoms with Gasteiger partial charge in [-0.25, -0.2) is 4.79 Å². The van der Waals surface area contributed by atoms with Crippen LogP contribution >= 0.6 is 0 Å². The molecule has 2 amide bonds. The maximum atomic E-state index is 12.9. The SMILES string of the molecule is O=C(N[C@@H](Cc1ccccc1)C(=O)Nc1cccc(OC(F)F)c1)OCc1ccccc1. The molecule has 0 heterocycles. The van der Waals surface area contributed by atoms with Gasteiger partial charge in [0.15, 0.2) is 0 Å². The fraction of sp³-hybridized carbons (Fsp3) is 0.167. The Morgan fingerprint density at radius 1 is 0.844 bits per heavy atom. The Bertz CT molecular complexity index is 1020. The zero-order valence-corrected chi connectivity index (χ0v) is 17.0. The second kappa shape index (κ2) is 11.5. The van der Waals surface area contributed by atoms with Gasteiger partial charge in [-0.05, 0) is 23.3 Å². The summed E-state index contributed by atoms with van der Waals surface area (Å²) in [5, 5.41) is 5.20. The molecule has 166 valence electrons. The summed E-state index contributed by atoms with van der Waals surface area (Å²) >= 11 is 0. The lowest BCUT2D eigenvalue weighted by atomic mass is 10.1. The number of anilines is 1. The van der Waals surface area contributed by atoms with Crippen LogP contribution in [0.4, 0.5) is 19.3 Å². The predicted molar refractivity (Wildman–Crippen MR) is 115 cm³/mol. The van der Waals surface area contributed by atoms with Gasteiger partial charge in [0.2, 0.25) is 5.91 Å². The van der Waals surface area contributed by atoms with Gasteiger partial charge in [0.05, 0.1) is 0 Å². The van der Waals surface area contributed by atoms with Crippen LogP contribution in [0.2, 0.25) is 0 Å². The first-order valence-electron chi connectivity index (χ1n) is 9.86. The summed E-state index contributed by atoms with van der Waals surface area (Å²) in [6, 6.07) is 23.0. The van der Waals surface area contributed by atoms with Crippen LogP contribution in [0.1, 0.15) is 11.1 Å². The third-order valence-electron chi connectivity index (χ3n) is 4.43. The first-order chi connectivity index (χ1) is 15.5. The van der Waals surface area contributed by atoms with E-state index in [4.69, 9.17) is 4.74 Å². The van der Waals surface area contributed by atoms with Crippen LogP contribution < -0.4 is 15.4 Å². The molecule has 1 atom stereocenters. The largest absolute Gasteiger partial charge is 0.445 e. The maximum absolute atomic E-state index is 12.9. The van der Waals surface area contributed by atoms with Crippen molar-refractivity contribution < 1.29 is 27.8 Å². The summed E-state index contributed by atoms with van der Waals surface area (Å²) in [5.41, 5.74) is 1.89. The topological polar surface area (TPSA) is 76.7 Å². The van der Waals surface area contributed by atoms with E-state index in [9.17, 15) is 18.4 Å². The number of benzene rings is 3. The summed E-state index contributed by atoms with van der Waals surface area (Å²) < 4.78 is 34.5. The molecule has 0 unspecified atom stereocenters. The smallest absolute Gasteiger partial charge is 0.408 e. The lowest BCUT2D eigenvalue weighted by molar-refractivity contribution is -0.118. The second-order valence-corrected chi connectivity index (χ2v) is 6.84. The number of alkyl halides is 2. The van der Waals surface area contributed by atoms with E-state index in [0.29, 0.717) is 0 Å². The van der Waals surface area contributed by atoms with E-state index < -0.39 is 24.7 Å². The Kier molecular flexibility index (Phi) is 8.14. The van der Waals surface area contributed by atoms with Gasteiger partial charge in [-0.3, -0.25) is 4.79 Å². The summed E-state index contributed by atoms with van der Waals surface area (Å²) in [6.45, 7) is -2.92. The highest BCUT2D eigenvalue weighted by molar-refractivity contribution is 5.96. The van der Waals surface area contributed by atoms with Crippen LogP contribution in [0.5, 0.6) is 5.75 Å². The van der Waals surface area contributed by atoms with Crippen LogP contribution in [-0.4, -0.2) is 24.7 Å². The molecule has 0 saturated carbocycles. The molecule has 3 aromatic carbocycles. The van der Waals surface area contributed by atoms with E-state index in [-0.39, 0.29) is 24.5 Å². The van der Waals surface area contributed by atoms with Crippen LogP contribution in [0.15, 0.2) is 84.9 Å². The minimum atomic E-state index is -2.98. The number of rotatable bonds is 9. The number of alkyl carbamates (subject to hydrolysis) is 1. The van der Waals surface area contributed by atoms with Gasteiger partial charge in [0, 0.05) is 18.2 Å². The Morgan fingerprint density at radius 2 is 1.50 bits per heavy atom. The second-order valence-electron chi connectivity index (χ2n) is 6.84. The fourth-order valence-electron chi connectivity index (χ4n) is 2.95. The molecule has 6 nitrogen and oxygen atoms in total. The molecule has 0 saturated heterocycles. The van der Waals surface area contributed by atoms with E-state index in [0.717, 1.165) is 11.1 Å². The molecule has 3 aromatic rings. The van der Waals surface area contributed by atoms with Gasteiger partial charge in [0.25, 0.3) is 0 Å². The van der Waals surface area contributed by atoms with Gasteiger partial charge < -0.3 is 20.1 Å². The quantitative estimate of drug-likeness (QED) is 0.503. The van der Waals surface area contributed by atoms with Crippen molar-refractivity contribution in [1.29, 1.82) is 0 Å². The molecule has 0 spiro atoms. The summed E-state index contributed by atoms with van der Waals surface area (Å²) in [4.78, 5) is 25.2. The number of nitrogens with one attached hydrogen (secondary N) is 2. The zero-order valence-electron chi connectivity index (χ0n) is 17.0. The van der Waals surface area contributed by atoms with Crippen molar-refractivity contribution in [1.82, 2.24) is 5.32 Å². The Labute approximate surface area is 184 Å². The predicted octanol–water partition coefficient (Wildman–Crippen LogP) is 4.76. The van der Waals surface area contributed by atoms with Crippen molar-refractivity contribution in [2.45, 2.75) is 25.7 Å². The first-order valence-corrected chi connectivity index (χ1v) is 9.86. The highest BCUT2D eigenvalue weighted by atomic mass is 19.3. The monoisotopic (exact) mass is 440 g/mol. The van der Waals surface area contributed by atoms with Gasteiger partial charge in [0.1, 0.15) is 18.4 Å². The van der Waals surface area contributed by atoms with Crippen LogP contribution in [0.25, 0.3) is 0 Å². The molecule has 0 fully saturated rings. The molecule has 0 aliphatic heterocycles. The molecule has 3 rings (SSSR count). The van der Waals surface area contributed by atoms with Crippen molar-refractivity contribution >= 4 is 17.7 Å². The van der Waals surface area contributed by atoms with E-state index >= 15 is 0 Å². The number of carbonyl (C=O) groups is 2. The van der Waals surface area contributed by atoms with Crippen LogP contribution in [-0.2, 0) is 22.6 Å². The zero-order chi connectivity index (χ0) is 22.8. The lowest BCUT2D eigenvalue weighted by Gasteiger charge is -2.19. The van der Waals surface area contributed by atoms with Gasteiger partial charge in [-0.2, -0.15) is 8.78 Å². The standard InChI is InChI=1S/C24H22F2N2O4/c25-23(26)32-20-13-7-12-19(15-20)27-22(29)21(14-17-8-3-1-4-9-17)28-24(30)31-16-18-10-5-2-6-11-18/h1-13,15,21,23H,14,16H2,(H,27,29)(H,28,30)/t21-/m0/s1. The lowest BCUT2D eigenvalue weighted by Crippen LogP contribution is -2.45. The highest BCUT2D eigenvalue weighted by Crippen LogP contribution is 2.19. The molecule has 8 heteroatoms. The fourth-order valence-corrected chi connectivity index (χ4v) is 2.95. The van der Waals surface area contributed by atoms with E-state index in [1.54, 1.807) is 0 Å². The molecule has 0 aromatic heterocycles. The summed E-state index contributed by atoms with van der Waals surface area (Å²) in [6.07, 6.45) is -0.542. The number of amides is 2. The molecule has 0 radical (unpaired) electrons. The minimum absolute atomic E-state index is 0.0549. The Morgan fingerprint density at radius 3 is 2.16 bits per heavy atom. The minimum Gasteiger partial charge on any atom is -0.445 e. The number of carbonyl (C=O) groups excluding carboxylic acids is 2. The third-order valence-corrected chi connectivity index (χ3v) is 4.43. The van der Waals surface area contributed by atoms with Crippen molar-refractivity contribution in [2.75, 3.05) is 5.32 Å². The highest BCUT2D eigenvalue weighted by Gasteiger charge is 2.22. The summed E-state index contributed by atoms with van der Waals surface area (Å²) in [5.74, 6) is -0.618. The molecule has 32 heavy (non-hydrogen) atoms. The first kappa shape index (κ1) is 22.7. The number of halogens is 2. The van der Waals surface area contributed by atoms with Crippen molar-refractivity contribution in [3.8, 4) is 5.75 Å². The van der Waals surface area contributed by atoms with E-state index in [1.807, 2.05) is 60.7 Å². The number of hydrogen-bond acceptors (Lipinski definition) is 4. The average molecular weight is 440 g/mol. The molecule has 0 aliphatic rings. The number of ether oxygens (including phenoxy) is 2. The van der Waals surface area contributed by atoms with Crippen molar-refractivity contribution in [2.24, 2.45) is 0 Å². The Hall–Kier alpha value is -3.94. The molecule has 0 aliphatic carbocycles. The van der Waals surface area contributed by atoms with Crippen molar-refractivity contribution in [3.63, 3.8) is 0 Å². The summed E-state index contributed by atoms with van der Waals surface area (Å²) in [7, 11) is 0. The van der Waals surface area contributed by atoms with Gasteiger partial charge >= 0.3 is 12.7 Å². The van der Waals surface area contributed by atoms with Crippen LogP contribution in [0.3, 0.4) is 0 Å². The normalized spacial score (nSPS) is 11.5. The molecule has 0 bridgehead atoms. The van der Waals surface area contributed by atoms with E-state index in [2.05, 4.69) is 15.4 Å². The van der Waals surface area contributed by atoms with Crippen molar-refractivity contribution in [3.05, 3.63) is 96.1 Å². The van der Waals surface area contributed by atoms with Gasteiger partial charge in [-0.15, -0.1) is 0 Å². The maximum Gasteiger partial charge on any atom is 0.408 e. The van der Waals surface area contributed by atoms with E-state index in [1.165, 1.54) is 24.3 Å². The number of hydrogen-bond donors (Lipinski definition) is 2. The van der Waals surface area contributed by atoms with Crippen LogP contribution in [0, 0.1) is 0 Å². The Balaban J connectivity index is 1.67.